The van der Waals surface area contributed by atoms with Crippen LogP contribution in [0.5, 0.6) is 0 Å². The molecule has 0 spiro atoms. The first-order valence-electron chi connectivity index (χ1n) is 5.60. The highest BCUT2D eigenvalue weighted by molar-refractivity contribution is 9.10. The summed E-state index contributed by atoms with van der Waals surface area (Å²) in [6.07, 6.45) is 0.396. The zero-order chi connectivity index (χ0) is 13.1. The predicted octanol–water partition coefficient (Wildman–Crippen LogP) is 4.84. The number of hydrogen-bond donors (Lipinski definition) is 0. The molecule has 18 heavy (non-hydrogen) atoms. The summed E-state index contributed by atoms with van der Waals surface area (Å²) < 4.78 is 0.962. The van der Waals surface area contributed by atoms with E-state index in [0.29, 0.717) is 11.4 Å². The minimum absolute atomic E-state index is 0.109. The Morgan fingerprint density at radius 2 is 1.83 bits per heavy atom. The van der Waals surface area contributed by atoms with Gasteiger partial charge in [-0.25, -0.2) is 0 Å². The molecule has 0 N–H and O–H groups in total. The lowest BCUT2D eigenvalue weighted by atomic mass is 10.0. The summed E-state index contributed by atoms with van der Waals surface area (Å²) in [6.45, 7) is 2.00. The Bertz CT molecular complexity index is 576. The minimum Gasteiger partial charge on any atom is -0.294 e. The molecule has 0 fully saturated rings. The van der Waals surface area contributed by atoms with Crippen LogP contribution in [0.1, 0.15) is 21.5 Å². The van der Waals surface area contributed by atoms with Crippen molar-refractivity contribution < 1.29 is 4.79 Å². The number of aryl methyl sites for hydroxylation is 1. The molecule has 3 heteroatoms. The lowest BCUT2D eigenvalue weighted by molar-refractivity contribution is 0.0993. The van der Waals surface area contributed by atoms with Crippen molar-refractivity contribution in [3.8, 4) is 0 Å². The molecule has 0 radical (unpaired) electrons. The highest BCUT2D eigenvalue weighted by Crippen LogP contribution is 2.19. The van der Waals surface area contributed by atoms with Crippen LogP contribution in [-0.2, 0) is 6.42 Å². The third kappa shape index (κ3) is 3.21. The molecule has 0 aromatic heterocycles. The van der Waals surface area contributed by atoms with Gasteiger partial charge in [0.2, 0.25) is 0 Å². The zero-order valence-corrected chi connectivity index (χ0v) is 12.3. The highest BCUT2D eigenvalue weighted by atomic mass is 79.9. The number of rotatable bonds is 3. The molecule has 0 aliphatic carbocycles. The molecule has 0 saturated carbocycles. The van der Waals surface area contributed by atoms with Gasteiger partial charge in [0, 0.05) is 21.5 Å². The van der Waals surface area contributed by atoms with Gasteiger partial charge in [0.1, 0.15) is 0 Å². The number of halogens is 2. The van der Waals surface area contributed by atoms with E-state index in [2.05, 4.69) is 15.9 Å². The van der Waals surface area contributed by atoms with E-state index in [0.717, 1.165) is 21.2 Å². The fraction of sp³-hybridized carbons (Fsp3) is 0.133. The standard InChI is InChI=1S/C15H12BrClO/c1-10-2-5-12(9-14(10)16)15(18)8-11-3-6-13(17)7-4-11/h2-7,9H,8H2,1H3. The highest BCUT2D eigenvalue weighted by Gasteiger charge is 2.08. The van der Waals surface area contributed by atoms with Gasteiger partial charge >= 0.3 is 0 Å². The van der Waals surface area contributed by atoms with E-state index in [1.807, 2.05) is 37.3 Å². The Labute approximate surface area is 120 Å². The van der Waals surface area contributed by atoms with E-state index >= 15 is 0 Å². The van der Waals surface area contributed by atoms with Gasteiger partial charge in [0.05, 0.1) is 0 Å². The van der Waals surface area contributed by atoms with E-state index in [-0.39, 0.29) is 5.78 Å². The van der Waals surface area contributed by atoms with Crippen molar-refractivity contribution in [3.63, 3.8) is 0 Å². The van der Waals surface area contributed by atoms with Gasteiger partial charge in [-0.1, -0.05) is 51.8 Å². The van der Waals surface area contributed by atoms with Crippen molar-refractivity contribution in [2.45, 2.75) is 13.3 Å². The van der Waals surface area contributed by atoms with E-state index in [1.54, 1.807) is 12.1 Å². The summed E-state index contributed by atoms with van der Waals surface area (Å²) in [6, 6.07) is 13.0. The van der Waals surface area contributed by atoms with Gasteiger partial charge in [-0.2, -0.15) is 0 Å². The number of Topliss-reactive ketones (excluding diaryl/α,β-unsaturated/α-hetero) is 1. The van der Waals surface area contributed by atoms with Gasteiger partial charge in [0.15, 0.2) is 5.78 Å². The molecule has 0 unspecified atom stereocenters. The van der Waals surface area contributed by atoms with Crippen LogP contribution in [0, 0.1) is 6.92 Å². The second kappa shape index (κ2) is 5.68. The van der Waals surface area contributed by atoms with E-state index in [1.165, 1.54) is 0 Å². The van der Waals surface area contributed by atoms with Crippen LogP contribution >= 0.6 is 27.5 Å². The molecule has 0 amide bonds. The third-order valence-corrected chi connectivity index (χ3v) is 3.88. The van der Waals surface area contributed by atoms with Crippen molar-refractivity contribution in [1.82, 2.24) is 0 Å². The van der Waals surface area contributed by atoms with Crippen molar-refractivity contribution in [2.24, 2.45) is 0 Å². The molecule has 92 valence electrons. The van der Waals surface area contributed by atoms with Crippen molar-refractivity contribution >= 4 is 33.3 Å². The summed E-state index contributed by atoms with van der Waals surface area (Å²) in [5, 5.41) is 0.685. The summed E-state index contributed by atoms with van der Waals surface area (Å²) in [5.74, 6) is 0.109. The zero-order valence-electron chi connectivity index (χ0n) is 9.91. The average molecular weight is 324 g/mol. The van der Waals surface area contributed by atoms with Crippen LogP contribution in [0.3, 0.4) is 0 Å². The van der Waals surface area contributed by atoms with Gasteiger partial charge in [-0.15, -0.1) is 0 Å². The fourth-order valence-electron chi connectivity index (χ4n) is 1.66. The van der Waals surface area contributed by atoms with Crippen LogP contribution in [0.2, 0.25) is 5.02 Å². The number of carbonyl (C=O) groups excluding carboxylic acids is 1. The Morgan fingerprint density at radius 1 is 1.17 bits per heavy atom. The monoisotopic (exact) mass is 322 g/mol. The van der Waals surface area contributed by atoms with E-state index in [9.17, 15) is 4.79 Å². The van der Waals surface area contributed by atoms with Crippen molar-refractivity contribution in [3.05, 3.63) is 68.7 Å². The summed E-state index contributed by atoms with van der Waals surface area (Å²) >= 11 is 9.25. The molecule has 2 rings (SSSR count). The number of carbonyl (C=O) groups is 1. The topological polar surface area (TPSA) is 17.1 Å². The molecule has 2 aromatic carbocycles. The smallest absolute Gasteiger partial charge is 0.167 e. The van der Waals surface area contributed by atoms with Gasteiger partial charge < -0.3 is 0 Å². The van der Waals surface area contributed by atoms with Crippen molar-refractivity contribution in [1.29, 1.82) is 0 Å². The number of benzene rings is 2. The molecule has 0 atom stereocenters. The third-order valence-electron chi connectivity index (χ3n) is 2.77. The Balaban J connectivity index is 2.16. The minimum atomic E-state index is 0.109. The maximum absolute atomic E-state index is 12.1. The van der Waals surface area contributed by atoms with Crippen LogP contribution < -0.4 is 0 Å². The lowest BCUT2D eigenvalue weighted by Crippen LogP contribution is -2.03. The first kappa shape index (κ1) is 13.3. The molecular formula is C15H12BrClO. The number of hydrogen-bond acceptors (Lipinski definition) is 1. The quantitative estimate of drug-likeness (QED) is 0.739. The molecule has 0 aliphatic rings. The molecule has 0 heterocycles. The van der Waals surface area contributed by atoms with E-state index in [4.69, 9.17) is 11.6 Å². The average Bonchev–Trinajstić information content (AvgIpc) is 2.35. The molecule has 2 aromatic rings. The second-order valence-electron chi connectivity index (χ2n) is 4.19. The number of ketones is 1. The maximum Gasteiger partial charge on any atom is 0.167 e. The second-order valence-corrected chi connectivity index (χ2v) is 5.48. The summed E-state index contributed by atoms with van der Waals surface area (Å²) in [5.41, 5.74) is 2.82. The summed E-state index contributed by atoms with van der Waals surface area (Å²) in [7, 11) is 0. The largest absolute Gasteiger partial charge is 0.294 e. The van der Waals surface area contributed by atoms with Crippen LogP contribution in [0.15, 0.2) is 46.9 Å². The van der Waals surface area contributed by atoms with Gasteiger partial charge in [-0.05, 0) is 36.2 Å². The first-order valence-corrected chi connectivity index (χ1v) is 6.77. The predicted molar refractivity (Wildman–Crippen MR) is 78.4 cm³/mol. The Kier molecular flexibility index (Phi) is 4.20. The maximum atomic E-state index is 12.1. The summed E-state index contributed by atoms with van der Waals surface area (Å²) in [4.78, 5) is 12.1. The molecule has 0 aliphatic heterocycles. The van der Waals surface area contributed by atoms with Gasteiger partial charge in [0.25, 0.3) is 0 Å². The van der Waals surface area contributed by atoms with E-state index < -0.39 is 0 Å². The lowest BCUT2D eigenvalue weighted by Gasteiger charge is -2.04. The van der Waals surface area contributed by atoms with Crippen molar-refractivity contribution in [2.75, 3.05) is 0 Å². The molecule has 0 bridgehead atoms. The van der Waals surface area contributed by atoms with Crippen LogP contribution in [0.4, 0.5) is 0 Å². The normalized spacial score (nSPS) is 10.4. The Morgan fingerprint density at radius 3 is 2.44 bits per heavy atom. The molecule has 0 saturated heterocycles. The molecular weight excluding hydrogens is 312 g/mol. The SMILES string of the molecule is Cc1ccc(C(=O)Cc2ccc(Cl)cc2)cc1Br. The molecule has 1 nitrogen and oxygen atoms in total. The van der Waals surface area contributed by atoms with Gasteiger partial charge in [-0.3, -0.25) is 4.79 Å². The fourth-order valence-corrected chi connectivity index (χ4v) is 2.16. The Hall–Kier alpha value is -1.12. The van der Waals surface area contributed by atoms with Crippen LogP contribution in [-0.4, -0.2) is 5.78 Å². The van der Waals surface area contributed by atoms with Crippen LogP contribution in [0.25, 0.3) is 0 Å². The first-order chi connectivity index (χ1) is 8.56.